The molecule has 0 bridgehead atoms. The molecule has 7 rings (SSSR count). The number of fused-ring (bicyclic) bond motifs is 1. The average molecular weight is 671 g/mol. The number of piperidine rings is 1. The normalized spacial score (nSPS) is 20.8. The van der Waals surface area contributed by atoms with E-state index in [-0.39, 0.29) is 28.7 Å². The molecule has 4 heterocycles. The highest BCUT2D eigenvalue weighted by Gasteiger charge is 2.28. The monoisotopic (exact) mass is 670 g/mol. The summed E-state index contributed by atoms with van der Waals surface area (Å²) in [7, 11) is 0. The van der Waals surface area contributed by atoms with Crippen molar-refractivity contribution < 1.29 is 19.0 Å². The van der Waals surface area contributed by atoms with E-state index in [4.69, 9.17) is 4.74 Å². The van der Waals surface area contributed by atoms with Gasteiger partial charge in [-0.3, -0.25) is 24.0 Å². The molecule has 49 heavy (non-hydrogen) atoms. The topological polar surface area (TPSA) is 122 Å². The first kappa shape index (κ1) is 33.1. The van der Waals surface area contributed by atoms with Crippen molar-refractivity contribution in [2.75, 3.05) is 45.9 Å². The molecule has 258 valence electrons. The summed E-state index contributed by atoms with van der Waals surface area (Å²) in [6.07, 6.45) is 6.77. The smallest absolute Gasteiger partial charge is 0.337 e. The van der Waals surface area contributed by atoms with E-state index < -0.39 is 23.1 Å². The van der Waals surface area contributed by atoms with Crippen LogP contribution in [0.25, 0.3) is 27.8 Å². The van der Waals surface area contributed by atoms with E-state index >= 15 is 0 Å². The Balaban J connectivity index is 1.19. The van der Waals surface area contributed by atoms with E-state index in [9.17, 15) is 23.9 Å². The van der Waals surface area contributed by atoms with Gasteiger partial charge in [-0.25, -0.2) is 18.7 Å². The van der Waals surface area contributed by atoms with Gasteiger partial charge in [-0.05, 0) is 98.6 Å². The first-order valence-electron chi connectivity index (χ1n) is 17.4. The first-order valence-corrected chi connectivity index (χ1v) is 17.4. The second-order valence-electron chi connectivity index (χ2n) is 13.5. The molecule has 1 saturated carbocycles. The van der Waals surface area contributed by atoms with E-state index in [0.29, 0.717) is 57.7 Å². The molecule has 0 unspecified atom stereocenters. The summed E-state index contributed by atoms with van der Waals surface area (Å²) in [5, 5.41) is 13.5. The van der Waals surface area contributed by atoms with Crippen LogP contribution in [0.3, 0.4) is 0 Å². The number of aromatic nitrogens is 3. The molecule has 12 heteroatoms. The van der Waals surface area contributed by atoms with Crippen molar-refractivity contribution in [3.05, 3.63) is 86.9 Å². The molecule has 3 fully saturated rings. The fourth-order valence-electron chi connectivity index (χ4n) is 7.61. The summed E-state index contributed by atoms with van der Waals surface area (Å²) in [5.41, 5.74) is 2.13. The number of morpholine rings is 1. The molecule has 0 atom stereocenters. The van der Waals surface area contributed by atoms with Crippen LogP contribution in [0.1, 0.15) is 56.6 Å². The van der Waals surface area contributed by atoms with Crippen molar-refractivity contribution in [1.29, 1.82) is 0 Å². The quantitative estimate of drug-likeness (QED) is 0.289. The van der Waals surface area contributed by atoms with Crippen molar-refractivity contribution in [3.8, 4) is 22.6 Å². The zero-order chi connectivity index (χ0) is 33.9. The van der Waals surface area contributed by atoms with E-state index in [0.717, 1.165) is 68.0 Å². The second-order valence-corrected chi connectivity index (χ2v) is 13.5. The number of amides is 1. The minimum Gasteiger partial charge on any atom is -0.508 e. The number of hydrogen-bond donors (Lipinski definition) is 2. The third kappa shape index (κ3) is 7.31. The Morgan fingerprint density at radius 2 is 1.71 bits per heavy atom. The molecule has 2 aliphatic heterocycles. The molecule has 4 aromatic rings. The van der Waals surface area contributed by atoms with Gasteiger partial charge in [-0.1, -0.05) is 24.6 Å². The molecule has 0 spiro atoms. The van der Waals surface area contributed by atoms with Crippen LogP contribution in [0.4, 0.5) is 4.39 Å². The van der Waals surface area contributed by atoms with Crippen LogP contribution >= 0.6 is 0 Å². The average Bonchev–Trinajstić information content (AvgIpc) is 3.10. The molecule has 2 saturated heterocycles. The first-order chi connectivity index (χ1) is 23.8. The highest BCUT2D eigenvalue weighted by Crippen LogP contribution is 2.31. The third-order valence-electron chi connectivity index (χ3n) is 10.1. The van der Waals surface area contributed by atoms with Gasteiger partial charge in [0.15, 0.2) is 5.65 Å². The predicted molar refractivity (Wildman–Crippen MR) is 184 cm³/mol. The Bertz CT molecular complexity index is 1940. The van der Waals surface area contributed by atoms with Gasteiger partial charge in [-0.15, -0.1) is 0 Å². The number of phenolic OH excluding ortho intramolecular Hbond substituents is 1. The lowest BCUT2D eigenvalue weighted by molar-refractivity contribution is -0.123. The van der Waals surface area contributed by atoms with Gasteiger partial charge in [0.25, 0.3) is 5.56 Å². The highest BCUT2D eigenvalue weighted by molar-refractivity contribution is 5.78. The minimum absolute atomic E-state index is 0.0127. The third-order valence-corrected chi connectivity index (χ3v) is 10.1. The summed E-state index contributed by atoms with van der Waals surface area (Å²) in [6.45, 7) is 5.77. The van der Waals surface area contributed by atoms with Crippen LogP contribution in [0.2, 0.25) is 0 Å². The second kappa shape index (κ2) is 14.6. The molecule has 2 aromatic heterocycles. The summed E-state index contributed by atoms with van der Waals surface area (Å²) in [5.74, 6) is -0.481. The summed E-state index contributed by atoms with van der Waals surface area (Å²) in [6, 6.07) is 13.4. The molecular formula is C37H43FN6O5. The number of phenols is 1. The number of hydrogen-bond acceptors (Lipinski definition) is 8. The zero-order valence-electron chi connectivity index (χ0n) is 27.7. The Morgan fingerprint density at radius 1 is 0.939 bits per heavy atom. The van der Waals surface area contributed by atoms with E-state index in [1.807, 2.05) is 24.3 Å². The van der Waals surface area contributed by atoms with Crippen LogP contribution < -0.4 is 16.6 Å². The number of halogens is 1. The molecule has 1 amide bonds. The standard InChI is InChI=1S/C37H43FN6O5/c38-27-21-33-35(39-22-27)43(30-6-4-5-25(19-30)32-12-11-31(45)20-26(32)23-42-15-17-49-18-16-42)37(48)44(36(33)47)29-9-7-28(8-10-29)40-34(46)24-41-13-2-1-3-14-41/h4-6,11-12,19-22,28-29,45H,1-3,7-10,13-18,23-24H2,(H,40,46)/t28-,29+. The van der Waals surface area contributed by atoms with Gasteiger partial charge in [0.05, 0.1) is 37.0 Å². The fourth-order valence-corrected chi connectivity index (χ4v) is 7.61. The van der Waals surface area contributed by atoms with E-state index in [2.05, 4.69) is 20.1 Å². The van der Waals surface area contributed by atoms with Gasteiger partial charge in [0.2, 0.25) is 5.91 Å². The lowest BCUT2D eigenvalue weighted by atomic mass is 9.91. The van der Waals surface area contributed by atoms with Gasteiger partial charge in [0.1, 0.15) is 11.6 Å². The number of rotatable bonds is 8. The Morgan fingerprint density at radius 3 is 2.49 bits per heavy atom. The Labute approximate surface area is 283 Å². The number of benzene rings is 2. The number of carbonyl (C=O) groups excluding carboxylic acids is 1. The molecule has 3 aliphatic rings. The summed E-state index contributed by atoms with van der Waals surface area (Å²) in [4.78, 5) is 49.7. The maximum absolute atomic E-state index is 14.5. The molecule has 2 N–H and O–H groups in total. The van der Waals surface area contributed by atoms with Crippen LogP contribution in [-0.2, 0) is 16.1 Å². The van der Waals surface area contributed by atoms with Crippen LogP contribution in [-0.4, -0.2) is 86.9 Å². The number of aromatic hydroxyl groups is 1. The lowest BCUT2D eigenvalue weighted by Gasteiger charge is -2.31. The maximum Gasteiger partial charge on any atom is 0.337 e. The number of likely N-dealkylation sites (tertiary alicyclic amines) is 1. The molecule has 0 radical (unpaired) electrons. The number of ether oxygens (including phenoxy) is 1. The Kier molecular flexibility index (Phi) is 9.88. The van der Waals surface area contributed by atoms with Crippen LogP contribution in [0.15, 0.2) is 64.3 Å². The van der Waals surface area contributed by atoms with E-state index in [1.54, 1.807) is 18.2 Å². The Hall–Kier alpha value is -4.39. The molecule has 1 aliphatic carbocycles. The number of carbonyl (C=O) groups is 1. The molecule has 11 nitrogen and oxygen atoms in total. The van der Waals surface area contributed by atoms with Crippen molar-refractivity contribution in [2.24, 2.45) is 0 Å². The summed E-state index contributed by atoms with van der Waals surface area (Å²) >= 11 is 0. The van der Waals surface area contributed by atoms with Gasteiger partial charge < -0.3 is 15.2 Å². The SMILES string of the molecule is O=C(CN1CCCCC1)N[C@H]1CC[C@@H](n2c(=O)c3cc(F)cnc3n(-c3cccc(-c4ccc(O)cc4CN4CCOCC4)c3)c2=O)CC1. The van der Waals surface area contributed by atoms with Gasteiger partial charge in [-0.2, -0.15) is 0 Å². The minimum atomic E-state index is -0.660. The van der Waals surface area contributed by atoms with E-state index in [1.165, 1.54) is 15.6 Å². The number of nitrogens with zero attached hydrogens (tertiary/aromatic N) is 5. The predicted octanol–water partition coefficient (Wildman–Crippen LogP) is 3.98. The maximum atomic E-state index is 14.5. The fraction of sp³-hybridized carbons (Fsp3) is 0.459. The molecule has 2 aromatic carbocycles. The van der Waals surface area contributed by atoms with Crippen LogP contribution in [0, 0.1) is 5.82 Å². The molecular weight excluding hydrogens is 627 g/mol. The lowest BCUT2D eigenvalue weighted by Crippen LogP contribution is -2.47. The largest absolute Gasteiger partial charge is 0.508 e. The highest BCUT2D eigenvalue weighted by atomic mass is 19.1. The zero-order valence-corrected chi connectivity index (χ0v) is 27.7. The van der Waals surface area contributed by atoms with Crippen LogP contribution in [0.5, 0.6) is 5.75 Å². The van der Waals surface area contributed by atoms with Crippen molar-refractivity contribution >= 4 is 16.9 Å². The summed E-state index contributed by atoms with van der Waals surface area (Å²) < 4.78 is 22.7. The van der Waals surface area contributed by atoms with Gasteiger partial charge >= 0.3 is 5.69 Å². The van der Waals surface area contributed by atoms with Crippen molar-refractivity contribution in [2.45, 2.75) is 63.6 Å². The van der Waals surface area contributed by atoms with Crippen molar-refractivity contribution in [3.63, 3.8) is 0 Å². The van der Waals surface area contributed by atoms with Gasteiger partial charge in [0, 0.05) is 31.7 Å². The van der Waals surface area contributed by atoms with Crippen molar-refractivity contribution in [1.82, 2.24) is 29.2 Å². The number of nitrogens with one attached hydrogen (secondary N) is 1. The number of pyridine rings is 1.